The Morgan fingerprint density at radius 1 is 0.500 bits per heavy atom. The van der Waals surface area contributed by atoms with Crippen molar-refractivity contribution < 1.29 is 0 Å². The summed E-state index contributed by atoms with van der Waals surface area (Å²) in [4.78, 5) is 9.76. The molecular weight excluding hydrogens is 458 g/mol. The number of hydrogen-bond donors (Lipinski definition) is 0. The summed E-state index contributed by atoms with van der Waals surface area (Å²) in [6.45, 7) is 0. The van der Waals surface area contributed by atoms with Crippen LogP contribution in [0.15, 0.2) is 82.8 Å². The van der Waals surface area contributed by atoms with Crippen LogP contribution >= 0.6 is 46.4 Å². The van der Waals surface area contributed by atoms with E-state index in [4.69, 9.17) is 56.4 Å². The molecule has 30 heavy (non-hydrogen) atoms. The zero-order valence-corrected chi connectivity index (χ0v) is 18.4. The van der Waals surface area contributed by atoms with Gasteiger partial charge >= 0.3 is 0 Å². The van der Waals surface area contributed by atoms with E-state index in [2.05, 4.69) is 12.1 Å². The zero-order valence-electron chi connectivity index (χ0n) is 15.3. The molecule has 0 aliphatic heterocycles. The molecule has 4 aromatic rings. The lowest BCUT2D eigenvalue weighted by Gasteiger charge is -2.07. The van der Waals surface area contributed by atoms with Crippen LogP contribution in [0, 0.1) is 0 Å². The molecule has 0 radical (unpaired) electrons. The second-order valence-corrected chi connectivity index (χ2v) is 8.35. The first-order valence-electron chi connectivity index (χ1n) is 9.13. The van der Waals surface area contributed by atoms with Crippen molar-refractivity contribution in [3.8, 4) is 0 Å². The van der Waals surface area contributed by atoms with Crippen LogP contribution in [-0.2, 0) is 0 Å². The van der Waals surface area contributed by atoms with E-state index in [1.807, 2.05) is 48.5 Å². The Bertz CT molecular complexity index is 1290. The van der Waals surface area contributed by atoms with Gasteiger partial charge in [0, 0.05) is 16.5 Å². The smallest absolute Gasteiger partial charge is 0.0979 e. The van der Waals surface area contributed by atoms with Crippen molar-refractivity contribution in [3.63, 3.8) is 0 Å². The quantitative estimate of drug-likeness (QED) is 0.280. The number of nitrogens with zero attached hydrogens (tertiary/aromatic N) is 2. The molecule has 0 unspecified atom stereocenters. The first-order valence-corrected chi connectivity index (χ1v) is 10.6. The van der Waals surface area contributed by atoms with Gasteiger partial charge in [-0.15, -0.1) is 0 Å². The van der Waals surface area contributed by atoms with E-state index >= 15 is 0 Å². The van der Waals surface area contributed by atoms with E-state index in [0.29, 0.717) is 42.9 Å². The highest BCUT2D eigenvalue weighted by Gasteiger charge is 2.27. The Hall–Kier alpha value is -2.36. The van der Waals surface area contributed by atoms with Crippen LogP contribution in [0.3, 0.4) is 0 Å². The van der Waals surface area contributed by atoms with E-state index < -0.39 is 0 Å². The van der Waals surface area contributed by atoms with E-state index in [9.17, 15) is 0 Å². The number of rotatable bonds is 2. The fraction of sp³-hybridized carbons (Fsp3) is 0. The molecule has 4 aromatic carbocycles. The summed E-state index contributed by atoms with van der Waals surface area (Å²) < 4.78 is 0. The van der Waals surface area contributed by atoms with Crippen molar-refractivity contribution in [2.24, 2.45) is 9.98 Å². The number of halogens is 4. The number of aliphatic imine (C=N–C) groups is 2. The molecule has 0 bridgehead atoms. The lowest BCUT2D eigenvalue weighted by Crippen LogP contribution is -2.10. The molecule has 0 spiro atoms. The number of hydrogen-bond acceptors (Lipinski definition) is 2. The molecule has 0 saturated carbocycles. The second-order valence-electron chi connectivity index (χ2n) is 6.78. The maximum absolute atomic E-state index is 6.42. The highest BCUT2D eigenvalue weighted by Crippen LogP contribution is 2.38. The van der Waals surface area contributed by atoms with Crippen molar-refractivity contribution >= 4 is 80.0 Å². The molecule has 146 valence electrons. The summed E-state index contributed by atoms with van der Waals surface area (Å²) in [5, 5.41) is 3.89. The maximum Gasteiger partial charge on any atom is 0.0979 e. The molecule has 1 aliphatic carbocycles. The summed E-state index contributed by atoms with van der Waals surface area (Å²) in [5.74, 6) is 0. The van der Waals surface area contributed by atoms with E-state index in [0.717, 1.165) is 21.9 Å². The molecule has 0 aromatic heterocycles. The van der Waals surface area contributed by atoms with Gasteiger partial charge < -0.3 is 0 Å². The van der Waals surface area contributed by atoms with Gasteiger partial charge in [-0.25, -0.2) is 9.98 Å². The monoisotopic (exact) mass is 468 g/mol. The molecule has 0 saturated heterocycles. The van der Waals surface area contributed by atoms with Crippen molar-refractivity contribution in [3.05, 3.63) is 104 Å². The predicted octanol–water partition coefficient (Wildman–Crippen LogP) is 8.71. The molecule has 1 aliphatic rings. The molecule has 0 heterocycles. The highest BCUT2D eigenvalue weighted by atomic mass is 35.5. The summed E-state index contributed by atoms with van der Waals surface area (Å²) in [7, 11) is 0. The van der Waals surface area contributed by atoms with Gasteiger partial charge in [0.05, 0.1) is 42.9 Å². The van der Waals surface area contributed by atoms with Crippen LogP contribution in [0.25, 0.3) is 10.8 Å². The van der Waals surface area contributed by atoms with Crippen LogP contribution in [0.5, 0.6) is 0 Å². The lowest BCUT2D eigenvalue weighted by molar-refractivity contribution is 1.50. The highest BCUT2D eigenvalue weighted by molar-refractivity contribution is 6.61. The molecule has 0 N–H and O–H groups in total. The van der Waals surface area contributed by atoms with Gasteiger partial charge in [0.15, 0.2) is 0 Å². The van der Waals surface area contributed by atoms with E-state index in [1.165, 1.54) is 0 Å². The van der Waals surface area contributed by atoms with Crippen LogP contribution < -0.4 is 0 Å². The third kappa shape index (κ3) is 3.21. The SMILES string of the molecule is Clc1cccc(N=C2C(=Nc3cccc(Cl)c3Cl)c3cccc4cccc2c34)c1Cl. The first-order chi connectivity index (χ1) is 14.5. The van der Waals surface area contributed by atoms with Crippen LogP contribution in [0.2, 0.25) is 20.1 Å². The summed E-state index contributed by atoms with van der Waals surface area (Å²) in [6, 6.07) is 23.0. The normalized spacial score (nSPS) is 15.5. The molecule has 2 nitrogen and oxygen atoms in total. The second kappa shape index (κ2) is 7.72. The average molecular weight is 470 g/mol. The molecule has 0 amide bonds. The minimum atomic E-state index is 0.398. The standard InChI is InChI=1S/C24H12Cl4N2/c25-16-9-3-11-18(21(16)27)29-23-14-7-1-5-13-6-2-8-15(20(13)14)24(23)30-19-12-4-10-17(26)22(19)28/h1-12H. The number of benzene rings is 4. The predicted molar refractivity (Wildman–Crippen MR) is 129 cm³/mol. The Morgan fingerprint density at radius 3 is 1.40 bits per heavy atom. The molecule has 0 atom stereocenters. The largest absolute Gasteiger partial charge is 0.244 e. The van der Waals surface area contributed by atoms with E-state index in [1.54, 1.807) is 12.1 Å². The van der Waals surface area contributed by atoms with Crippen LogP contribution in [-0.4, -0.2) is 11.4 Å². The first kappa shape index (κ1) is 19.6. The lowest BCUT2D eigenvalue weighted by atomic mass is 10.1. The molecular formula is C24H12Cl4N2. The zero-order chi connectivity index (χ0) is 20.8. The molecule has 0 fully saturated rings. The van der Waals surface area contributed by atoms with Gasteiger partial charge in [0.25, 0.3) is 0 Å². The summed E-state index contributed by atoms with van der Waals surface area (Å²) >= 11 is 25.3. The molecule has 5 rings (SSSR count). The van der Waals surface area contributed by atoms with Gasteiger partial charge in [-0.05, 0) is 29.7 Å². The van der Waals surface area contributed by atoms with Crippen molar-refractivity contribution in [1.29, 1.82) is 0 Å². The average Bonchev–Trinajstić information content (AvgIpc) is 3.04. The fourth-order valence-electron chi connectivity index (χ4n) is 3.62. The summed E-state index contributed by atoms with van der Waals surface area (Å²) in [5.41, 5.74) is 4.54. The maximum atomic E-state index is 6.42. The Morgan fingerprint density at radius 2 is 0.933 bits per heavy atom. The Labute approximate surface area is 193 Å². The minimum absolute atomic E-state index is 0.398. The van der Waals surface area contributed by atoms with Gasteiger partial charge in [-0.3, -0.25) is 0 Å². The van der Waals surface area contributed by atoms with Gasteiger partial charge in [0.1, 0.15) is 0 Å². The van der Waals surface area contributed by atoms with Crippen molar-refractivity contribution in [2.45, 2.75) is 0 Å². The van der Waals surface area contributed by atoms with Gasteiger partial charge in [-0.2, -0.15) is 0 Å². The summed E-state index contributed by atoms with van der Waals surface area (Å²) in [6.07, 6.45) is 0. The van der Waals surface area contributed by atoms with Crippen LogP contribution in [0.1, 0.15) is 11.1 Å². The third-order valence-electron chi connectivity index (χ3n) is 4.97. The third-order valence-corrected chi connectivity index (χ3v) is 6.58. The van der Waals surface area contributed by atoms with Gasteiger partial charge in [-0.1, -0.05) is 94.9 Å². The molecule has 6 heteroatoms. The van der Waals surface area contributed by atoms with Crippen molar-refractivity contribution in [1.82, 2.24) is 0 Å². The fourth-order valence-corrected chi connectivity index (χ4v) is 4.29. The van der Waals surface area contributed by atoms with Crippen LogP contribution in [0.4, 0.5) is 11.4 Å². The van der Waals surface area contributed by atoms with Gasteiger partial charge in [0.2, 0.25) is 0 Å². The Kier molecular flexibility index (Phi) is 5.04. The van der Waals surface area contributed by atoms with Crippen molar-refractivity contribution in [2.75, 3.05) is 0 Å². The van der Waals surface area contributed by atoms with E-state index in [-0.39, 0.29) is 0 Å². The minimum Gasteiger partial charge on any atom is -0.244 e. The topological polar surface area (TPSA) is 24.7 Å². The Balaban J connectivity index is 1.82.